The zero-order chi connectivity index (χ0) is 40.6. The highest BCUT2D eigenvalue weighted by Crippen LogP contribution is 3.46. The lowest BCUT2D eigenvalue weighted by atomic mass is 28.4. The van der Waals surface area contributed by atoms with E-state index in [9.17, 15) is 0 Å². The Morgan fingerprint density at radius 2 is 0.294 bits per heavy atom. The van der Waals surface area contributed by atoms with Crippen LogP contribution in [0.1, 0.15) is 0 Å². The second-order valence-electron chi connectivity index (χ2n) is 7.99. The molecule has 0 aromatic carbocycles. The van der Waals surface area contributed by atoms with E-state index >= 15 is 0 Å². The molecule has 0 aliphatic carbocycles. The molecular formula is H53P51. The second kappa shape index (κ2) is 40.2. The minimum atomic E-state index is -0.200. The van der Waals surface area contributed by atoms with Gasteiger partial charge in [0.2, 0.25) is 0 Å². The van der Waals surface area contributed by atoms with Crippen molar-refractivity contribution in [3.63, 3.8) is 0 Å². The van der Waals surface area contributed by atoms with Crippen LogP contribution in [-0.4, -0.2) is 0 Å². The fourth-order valence-corrected chi connectivity index (χ4v) is 724. The Morgan fingerprint density at radius 3 is 0.431 bits per heavy atom. The van der Waals surface area contributed by atoms with Crippen molar-refractivity contribution < 1.29 is 0 Å². The van der Waals surface area contributed by atoms with Crippen LogP contribution in [-0.2, 0) is 0 Å². The van der Waals surface area contributed by atoms with E-state index in [0.717, 1.165) is 7.96 Å². The molecule has 0 nitrogen and oxygen atoms in total. The smallest absolute Gasteiger partial charge is 0.0000143 e. The van der Waals surface area contributed by atoms with Crippen molar-refractivity contribution in [2.24, 2.45) is 0 Å². The summed E-state index contributed by atoms with van der Waals surface area (Å²) in [5.41, 5.74) is 0. The molecule has 30 unspecified atom stereocenters. The first-order chi connectivity index (χ1) is 23.2. The summed E-state index contributed by atoms with van der Waals surface area (Å²) in [7, 11) is 91.7. The van der Waals surface area contributed by atoms with E-state index in [0.29, 0.717) is 0 Å². The molecule has 0 radical (unpaired) electrons. The lowest BCUT2D eigenvalue weighted by Crippen LogP contribution is -1.71. The minimum Gasteiger partial charge on any atom is -0.109 e. The average molecular weight is 1630 g/mol. The Hall–Kier alpha value is 21.9. The maximum Gasteiger partial charge on any atom is -0.0000143 e. The highest BCUT2D eigenvalue weighted by molar-refractivity contribution is 9.52. The molecule has 0 N–H and O–H groups in total. The van der Waals surface area contributed by atoms with Crippen LogP contribution in [0.4, 0.5) is 0 Å². The van der Waals surface area contributed by atoms with Crippen LogP contribution in [0.25, 0.3) is 0 Å². The predicted molar refractivity (Wildman–Crippen MR) is 427 cm³/mol. The molecule has 0 aromatic heterocycles. The van der Waals surface area contributed by atoms with Gasteiger partial charge in [-0.3, -0.25) is 0 Å². The van der Waals surface area contributed by atoms with Crippen molar-refractivity contribution in [2.45, 2.75) is 0 Å². The van der Waals surface area contributed by atoms with Gasteiger partial charge in [-0.2, -0.15) is 0 Å². The highest BCUT2D eigenvalue weighted by Gasteiger charge is 2.58. The molecule has 51 heteroatoms. The van der Waals surface area contributed by atoms with Crippen LogP contribution < -0.4 is 0 Å². The van der Waals surface area contributed by atoms with E-state index in [1.54, 1.807) is 0 Å². The Bertz CT molecular complexity index is 748. The molecular weight excluding hydrogens is 1580 g/mol. The van der Waals surface area contributed by atoms with E-state index in [2.05, 4.69) is 232 Å². The second-order valence-corrected chi connectivity index (χ2v) is 216. The van der Waals surface area contributed by atoms with Crippen molar-refractivity contribution in [3.8, 4) is 0 Å². The van der Waals surface area contributed by atoms with Crippen LogP contribution in [0.2, 0.25) is 0 Å². The third-order valence-corrected chi connectivity index (χ3v) is 357. The topological polar surface area (TPSA) is 0 Å². The van der Waals surface area contributed by atoms with Crippen molar-refractivity contribution in [2.75, 3.05) is 0 Å². The zero-order valence-corrected chi connectivity index (χ0v) is 78.7. The molecule has 0 rings (SSSR count). The quantitative estimate of drug-likeness (QED) is 0.0845. The summed E-state index contributed by atoms with van der Waals surface area (Å²) in [6, 6.07) is 0. The molecule has 0 bridgehead atoms. The molecule has 0 saturated heterocycles. The maximum absolute atomic E-state index is 3.65. The third-order valence-electron chi connectivity index (χ3n) is 4.40. The van der Waals surface area contributed by atoms with Crippen LogP contribution in [0.5, 0.6) is 0 Å². The fraction of sp³-hybridized carbons (Fsp3) is 0. The van der Waals surface area contributed by atoms with Gasteiger partial charge in [-0.15, -0.1) is 232 Å². The van der Waals surface area contributed by atoms with Crippen molar-refractivity contribution >= 4 is 408 Å². The largest absolute Gasteiger partial charge is 0.109 e. The van der Waals surface area contributed by atoms with Crippen LogP contribution in [0.3, 0.4) is 0 Å². The van der Waals surface area contributed by atoms with E-state index in [-0.39, 0.29) is 168 Å². The number of hydrogen-bond donors (Lipinski definition) is 0. The summed E-state index contributed by atoms with van der Waals surface area (Å²) < 4.78 is 0. The van der Waals surface area contributed by atoms with E-state index in [1.165, 1.54) is 0 Å². The molecule has 0 amide bonds. The van der Waals surface area contributed by atoms with Gasteiger partial charge in [0.05, 0.1) is 0 Å². The van der Waals surface area contributed by atoms with Crippen LogP contribution >= 0.6 is 408 Å². The van der Waals surface area contributed by atoms with Gasteiger partial charge in [0, 0.05) is 0 Å². The van der Waals surface area contributed by atoms with Crippen LogP contribution in [0.15, 0.2) is 0 Å². The van der Waals surface area contributed by atoms with Gasteiger partial charge >= 0.3 is 0 Å². The van der Waals surface area contributed by atoms with Gasteiger partial charge in [-0.05, 0) is 168 Å². The Labute approximate surface area is 402 Å². The summed E-state index contributed by atoms with van der Waals surface area (Å²) >= 11 is 0. The lowest BCUT2D eigenvalue weighted by molar-refractivity contribution is 4.35. The first-order valence-electron chi connectivity index (χ1n) is 11.6. The molecule has 0 spiro atoms. The maximum atomic E-state index is 3.65. The lowest BCUT2D eigenvalue weighted by Gasteiger charge is -2.58. The molecule has 51 heavy (non-hydrogen) atoms. The molecule has 308 valence electrons. The zero-order valence-electron chi connectivity index (χ0n) is 26.2. The van der Waals surface area contributed by atoms with Crippen LogP contribution in [0, 0.1) is 0 Å². The Balaban J connectivity index is 9.62. The van der Waals surface area contributed by atoms with E-state index in [1.807, 2.05) is 0 Å². The molecule has 0 saturated carbocycles. The molecule has 0 aliphatic heterocycles. The predicted octanol–water partition coefficient (Wildman–Crippen LogP) is 29.7. The fourth-order valence-electron chi connectivity index (χ4n) is 2.98. The monoisotopic (exact) mass is 1630 g/mol. The summed E-state index contributed by atoms with van der Waals surface area (Å²) in [5.74, 6) is 0. The van der Waals surface area contributed by atoms with E-state index in [4.69, 9.17) is 0 Å². The van der Waals surface area contributed by atoms with Gasteiger partial charge < -0.3 is 0 Å². The average Bonchev–Trinajstić information content (AvgIpc) is 2.92. The van der Waals surface area contributed by atoms with Gasteiger partial charge in [-0.1, -0.05) is 7.96 Å². The summed E-state index contributed by atoms with van der Waals surface area (Å²) in [4.78, 5) is 0. The normalized spacial score (nSPS) is 16.3. The van der Waals surface area contributed by atoms with E-state index < -0.39 is 0 Å². The summed E-state index contributed by atoms with van der Waals surface area (Å²) in [5, 5.41) is 0. The molecule has 0 aromatic rings. The van der Waals surface area contributed by atoms with Gasteiger partial charge in [-0.25, -0.2) is 0 Å². The molecule has 0 heterocycles. The summed E-state index contributed by atoms with van der Waals surface area (Å²) in [6.45, 7) is -3.82. The first-order valence-corrected chi connectivity index (χ1v) is 104. The van der Waals surface area contributed by atoms with Crippen molar-refractivity contribution in [1.29, 1.82) is 0 Å². The van der Waals surface area contributed by atoms with Crippen molar-refractivity contribution in [3.05, 3.63) is 0 Å². The van der Waals surface area contributed by atoms with Gasteiger partial charge in [0.15, 0.2) is 0 Å². The summed E-state index contributed by atoms with van der Waals surface area (Å²) in [6.07, 6.45) is 0. The SMILES string of the molecule is PPP(P)P(P(P(P)P)P(P)P)P(P(P(P)P)P(P)P)P(P(P(P(P)P)P(P)P)P(P(P)P)P(P)P)P(P(P(P)P)P(P)P)P(P(P)P)P(P)P. The number of hydrogen-bond acceptors (Lipinski definition) is 0. The van der Waals surface area contributed by atoms with Gasteiger partial charge in [0.1, 0.15) is 0 Å². The molecule has 30 atom stereocenters. The number of rotatable bonds is 24. The Kier molecular flexibility index (Phi) is 57.4. The first kappa shape index (κ1) is 72.9. The standard InChI is InChI=1S/H53P51/c1-27-40(26)47(41(28(2)3)29(4)5)50(46(38(22)23)39(24)25)51(48(42(30(6)7)31(8)9)43(32(10)11)33(12)13)49(44(34(14)15)35(16)17)45(36(18)19)37(20)21/h27H,1-26H2. The Morgan fingerprint density at radius 1 is 0.176 bits per heavy atom. The minimum absolute atomic E-state index is 0.0891. The third kappa shape index (κ3) is 26.2. The highest BCUT2D eigenvalue weighted by atomic mass is 33.6. The van der Waals surface area contributed by atoms with Gasteiger partial charge in [0.25, 0.3) is 0 Å². The molecule has 0 aliphatic rings. The molecule has 0 fully saturated rings. The van der Waals surface area contributed by atoms with Crippen molar-refractivity contribution in [1.82, 2.24) is 0 Å².